The van der Waals surface area contributed by atoms with E-state index in [2.05, 4.69) is 319 Å². The first-order chi connectivity index (χ1) is 50.6. The van der Waals surface area contributed by atoms with Crippen LogP contribution in [-0.4, -0.2) is 57.3 Å². The van der Waals surface area contributed by atoms with Gasteiger partial charge in [0, 0.05) is 98.4 Å². The minimum atomic E-state index is 0.528. The number of benzene rings is 13. The first-order valence-electron chi connectivity index (χ1n) is 34.3. The maximum Gasteiger partial charge on any atom is 0.159 e. The van der Waals surface area contributed by atoms with E-state index in [0.29, 0.717) is 17.5 Å². The van der Waals surface area contributed by atoms with Crippen molar-refractivity contribution in [3.8, 4) is 68.3 Å². The van der Waals surface area contributed by atoms with Gasteiger partial charge in [-0.2, -0.15) is 0 Å². The van der Waals surface area contributed by atoms with Crippen LogP contribution in [0.25, 0.3) is 199 Å². The van der Waals surface area contributed by atoms with Gasteiger partial charge in [0.1, 0.15) is 0 Å². The number of fused-ring (bicyclic) bond motifs is 18. The highest BCUT2D eigenvalue weighted by molar-refractivity contribution is 6.16. The smallest absolute Gasteiger partial charge is 0.159 e. The van der Waals surface area contributed by atoms with E-state index in [0.717, 1.165) is 116 Å². The van der Waals surface area contributed by atoms with Gasteiger partial charge in [0.05, 0.1) is 120 Å². The Kier molecular flexibility index (Phi) is 11.9. The minimum absolute atomic E-state index is 0.528. The number of aromatic nitrogens is 12. The molecular formula is C90H54N12. The highest BCUT2D eigenvalue weighted by Gasteiger charge is 2.23. The summed E-state index contributed by atoms with van der Waals surface area (Å²) in [6.07, 6.45) is 11.5. The maximum absolute atomic E-state index is 5.20. The van der Waals surface area contributed by atoms with E-state index >= 15 is 0 Å². The highest BCUT2D eigenvalue weighted by Crippen LogP contribution is 2.42. The second-order valence-corrected chi connectivity index (χ2v) is 26.4. The molecular weight excluding hydrogens is 1250 g/mol. The molecule has 13 aromatic carbocycles. The van der Waals surface area contributed by atoms with Crippen LogP contribution in [-0.2, 0) is 0 Å². The highest BCUT2D eigenvalue weighted by atomic mass is 15.1. The van der Waals surface area contributed by atoms with Crippen molar-refractivity contribution >= 4 is 131 Å². The molecule has 9 aromatic heterocycles. The van der Waals surface area contributed by atoms with Crippen molar-refractivity contribution in [2.45, 2.75) is 0 Å². The molecule has 22 aromatic rings. The minimum Gasteiger partial charge on any atom is -0.309 e. The molecule has 0 radical (unpaired) electrons. The predicted molar refractivity (Wildman–Crippen MR) is 416 cm³/mol. The third-order valence-corrected chi connectivity index (χ3v) is 20.9. The van der Waals surface area contributed by atoms with Crippen LogP contribution in [0.5, 0.6) is 0 Å². The van der Waals surface area contributed by atoms with Gasteiger partial charge in [-0.3, -0.25) is 0 Å². The Hall–Kier alpha value is -14.1. The van der Waals surface area contributed by atoms with Gasteiger partial charge >= 0.3 is 0 Å². The summed E-state index contributed by atoms with van der Waals surface area (Å²) >= 11 is 0. The number of hydrogen-bond donors (Lipinski definition) is 0. The van der Waals surface area contributed by atoms with Crippen molar-refractivity contribution in [2.75, 3.05) is 0 Å². The fourth-order valence-corrected chi connectivity index (χ4v) is 16.5. The Morgan fingerprint density at radius 1 is 0.147 bits per heavy atom. The van der Waals surface area contributed by atoms with Crippen LogP contribution in [0.1, 0.15) is 0 Å². The van der Waals surface area contributed by atoms with Gasteiger partial charge in [0.2, 0.25) is 0 Å². The number of hydrogen-bond acceptors (Lipinski definition) is 6. The largest absolute Gasteiger partial charge is 0.309 e. The zero-order chi connectivity index (χ0) is 66.7. The Bertz CT molecular complexity index is 6390. The van der Waals surface area contributed by atoms with Crippen molar-refractivity contribution in [3.63, 3.8) is 0 Å². The molecule has 0 unspecified atom stereocenters. The fraction of sp³-hybridized carbons (Fsp3) is 0. The zero-order valence-electron chi connectivity index (χ0n) is 54.5. The molecule has 0 aliphatic heterocycles. The molecule has 0 aliphatic carbocycles. The average molecular weight is 1300 g/mol. The van der Waals surface area contributed by atoms with E-state index < -0.39 is 0 Å². The molecule has 102 heavy (non-hydrogen) atoms. The van der Waals surface area contributed by atoms with Crippen LogP contribution in [0.15, 0.2) is 328 Å². The summed E-state index contributed by atoms with van der Waals surface area (Å²) in [6.45, 7) is 0. The Morgan fingerprint density at radius 3 is 0.520 bits per heavy atom. The molecule has 0 bridgehead atoms. The van der Waals surface area contributed by atoms with Crippen LogP contribution in [0.2, 0.25) is 0 Å². The molecule has 0 atom stereocenters. The number of para-hydroxylation sites is 9. The van der Waals surface area contributed by atoms with Crippen molar-refractivity contribution in [1.29, 1.82) is 0 Å². The summed E-state index contributed by atoms with van der Waals surface area (Å²) in [4.78, 5) is 31.2. The molecule has 0 spiro atoms. The molecule has 12 heteroatoms. The number of rotatable bonds is 9. The number of nitrogens with zero attached hydrogens (tertiary/aromatic N) is 12. The maximum atomic E-state index is 5.20. The van der Waals surface area contributed by atoms with E-state index in [4.69, 9.17) is 29.9 Å². The van der Waals surface area contributed by atoms with Crippen molar-refractivity contribution in [2.24, 2.45) is 0 Å². The lowest BCUT2D eigenvalue weighted by Crippen LogP contribution is -2.01. The van der Waals surface area contributed by atoms with Crippen molar-refractivity contribution in [1.82, 2.24) is 57.3 Å². The van der Waals surface area contributed by atoms with Crippen LogP contribution in [0.3, 0.4) is 0 Å². The lowest BCUT2D eigenvalue weighted by atomic mass is 10.0. The van der Waals surface area contributed by atoms with E-state index in [1.807, 2.05) is 37.2 Å². The summed E-state index contributed by atoms with van der Waals surface area (Å²) in [7, 11) is 0. The predicted octanol–water partition coefficient (Wildman–Crippen LogP) is 21.6. The quantitative estimate of drug-likeness (QED) is 0.142. The lowest BCUT2D eigenvalue weighted by Gasteiger charge is -2.12. The molecule has 474 valence electrons. The van der Waals surface area contributed by atoms with Gasteiger partial charge in [-0.1, -0.05) is 164 Å². The summed E-state index contributed by atoms with van der Waals surface area (Å²) in [5, 5.41) is 14.2. The molecule has 12 nitrogen and oxygen atoms in total. The molecule has 0 amide bonds. The van der Waals surface area contributed by atoms with E-state index in [9.17, 15) is 0 Å². The molecule has 0 saturated carbocycles. The van der Waals surface area contributed by atoms with Gasteiger partial charge in [0.15, 0.2) is 17.5 Å². The second-order valence-electron chi connectivity index (χ2n) is 26.4. The Labute approximate surface area is 581 Å². The van der Waals surface area contributed by atoms with Gasteiger partial charge in [0.25, 0.3) is 0 Å². The lowest BCUT2D eigenvalue weighted by molar-refractivity contribution is 1.07. The van der Waals surface area contributed by atoms with Crippen LogP contribution < -0.4 is 0 Å². The first-order valence-corrected chi connectivity index (χ1v) is 34.3. The summed E-state index contributed by atoms with van der Waals surface area (Å²) in [6, 6.07) is 104. The Morgan fingerprint density at radius 2 is 0.314 bits per heavy atom. The molecule has 0 aliphatic rings. The van der Waals surface area contributed by atoms with E-state index in [1.54, 1.807) is 0 Å². The third-order valence-electron chi connectivity index (χ3n) is 20.9. The monoisotopic (exact) mass is 1300 g/mol. The summed E-state index contributed by atoms with van der Waals surface area (Å²) in [5.41, 5.74) is 21.4. The first kappa shape index (κ1) is 56.0. The molecule has 9 heterocycles. The SMILES string of the molecule is c1ccc2c(c1)c1ccccc1n2-c1ccc2c(c1)c1ccccc1n2-c1cnc(-c2cc(-c3ncc(-n4c5ccccc5c5cc(-n6c7ccccc7c7ccccc76)ccc54)cn3)cc(-c3ncc(-n4c5ccccc5c5cc(-n6c7ccccc7c7ccccc76)ccc54)cn3)c2)nc1. The van der Waals surface area contributed by atoms with Crippen molar-refractivity contribution < 1.29 is 0 Å². The molecule has 0 saturated heterocycles. The second kappa shape index (κ2) is 21.7. The molecule has 22 rings (SSSR count). The topological polar surface area (TPSA) is 107 Å². The summed E-state index contributed by atoms with van der Waals surface area (Å²) in [5.74, 6) is 1.59. The van der Waals surface area contributed by atoms with Gasteiger partial charge < -0.3 is 27.4 Å². The third kappa shape index (κ3) is 8.25. The average Bonchev–Trinajstić information content (AvgIpc) is 1.59. The van der Waals surface area contributed by atoms with E-state index in [1.165, 1.54) is 65.4 Å². The zero-order valence-corrected chi connectivity index (χ0v) is 54.5. The van der Waals surface area contributed by atoms with Crippen LogP contribution >= 0.6 is 0 Å². The summed E-state index contributed by atoms with van der Waals surface area (Å²) < 4.78 is 13.9. The van der Waals surface area contributed by atoms with Crippen LogP contribution in [0.4, 0.5) is 0 Å². The molecule has 0 N–H and O–H groups in total. The Balaban J connectivity index is 0.660. The van der Waals surface area contributed by atoms with E-state index in [-0.39, 0.29) is 0 Å². The van der Waals surface area contributed by atoms with Gasteiger partial charge in [-0.15, -0.1) is 0 Å². The fourth-order valence-electron chi connectivity index (χ4n) is 16.5. The standard InChI is InChI=1S/C90H54N12/c1-10-28-76-64(19-1)65-20-2-11-29-77(65)97(76)58-37-40-85-73(46-58)70-25-7-16-34-82(70)100(85)61-49-91-88(92-50-61)55-43-56(89-93-51-62(52-94-89)101-83-35-17-8-26-71(83)74-47-59(38-41-86(74)101)98-78-30-12-3-21-66(78)67-22-4-13-31-79(67)98)45-57(44-55)90-95-53-63(54-96-90)102-84-36-18-9-27-72(84)75-48-60(39-42-87(75)102)99-80-32-14-5-23-68(80)69-24-6-15-33-81(69)99/h1-54H. The molecule has 0 fully saturated rings. The van der Waals surface area contributed by atoms with Gasteiger partial charge in [-0.25, -0.2) is 29.9 Å². The van der Waals surface area contributed by atoms with Gasteiger partial charge in [-0.05, 0) is 127 Å². The normalized spacial score (nSPS) is 12.1. The van der Waals surface area contributed by atoms with Crippen LogP contribution in [0, 0.1) is 0 Å². The van der Waals surface area contributed by atoms with Crippen molar-refractivity contribution in [3.05, 3.63) is 328 Å².